The molecule has 0 bridgehead atoms. The number of benzene rings is 2. The Morgan fingerprint density at radius 3 is 1.87 bits per heavy atom. The topological polar surface area (TPSA) is 46.3 Å². The summed E-state index contributed by atoms with van der Waals surface area (Å²) >= 11 is 0. The maximum absolute atomic E-state index is 12.8. The molecule has 1 unspecified atom stereocenters. The maximum Gasteiger partial charge on any atom is 0.226 e. The zero-order valence-corrected chi connectivity index (χ0v) is 13.8. The molecule has 0 heterocycles. The van der Waals surface area contributed by atoms with Crippen LogP contribution in [0.3, 0.4) is 0 Å². The zero-order valence-electron chi connectivity index (χ0n) is 13.8. The largest absolute Gasteiger partial charge is 0.334 e. The van der Waals surface area contributed by atoms with E-state index in [1.165, 1.54) is 0 Å². The van der Waals surface area contributed by atoms with Gasteiger partial charge in [0.2, 0.25) is 5.91 Å². The van der Waals surface area contributed by atoms with Crippen LogP contribution in [-0.2, 0) is 17.9 Å². The quantitative estimate of drug-likeness (QED) is 0.810. The smallest absolute Gasteiger partial charge is 0.226 e. The predicted octanol–water partition coefficient (Wildman–Crippen LogP) is 3.59. The second-order valence-electron chi connectivity index (χ2n) is 6.00. The summed E-state index contributed by atoms with van der Waals surface area (Å²) in [5, 5.41) is 0. The van der Waals surface area contributed by atoms with E-state index in [9.17, 15) is 4.79 Å². The van der Waals surface area contributed by atoms with E-state index >= 15 is 0 Å². The molecule has 2 rings (SSSR count). The number of carbonyl (C=O) groups is 1. The summed E-state index contributed by atoms with van der Waals surface area (Å²) in [5.41, 5.74) is 7.89. The van der Waals surface area contributed by atoms with Crippen LogP contribution in [0.15, 0.2) is 60.7 Å². The second-order valence-corrected chi connectivity index (χ2v) is 6.00. The van der Waals surface area contributed by atoms with Gasteiger partial charge in [-0.15, -0.1) is 0 Å². The van der Waals surface area contributed by atoms with Gasteiger partial charge in [0.15, 0.2) is 0 Å². The van der Waals surface area contributed by atoms with Crippen LogP contribution in [0.25, 0.3) is 0 Å². The van der Waals surface area contributed by atoms with Crippen LogP contribution < -0.4 is 5.73 Å². The van der Waals surface area contributed by atoms with Crippen LogP contribution in [0.2, 0.25) is 0 Å². The van der Waals surface area contributed by atoms with Crippen molar-refractivity contribution in [1.82, 2.24) is 4.90 Å². The van der Waals surface area contributed by atoms with Gasteiger partial charge in [-0.2, -0.15) is 0 Å². The predicted molar refractivity (Wildman–Crippen MR) is 94.6 cm³/mol. The van der Waals surface area contributed by atoms with E-state index in [1.807, 2.05) is 48.2 Å². The van der Waals surface area contributed by atoms with Gasteiger partial charge in [-0.3, -0.25) is 4.79 Å². The van der Waals surface area contributed by atoms with Crippen molar-refractivity contribution < 1.29 is 4.79 Å². The minimum Gasteiger partial charge on any atom is -0.334 e. The minimum absolute atomic E-state index is 0.00553. The van der Waals surface area contributed by atoms with E-state index in [0.717, 1.165) is 24.0 Å². The molecule has 0 saturated heterocycles. The normalized spacial score (nSPS) is 11.9. The molecule has 1 atom stereocenters. The number of amides is 1. The number of hydrogen-bond donors (Lipinski definition) is 1. The summed E-state index contributed by atoms with van der Waals surface area (Å²) in [4.78, 5) is 14.8. The van der Waals surface area contributed by atoms with Gasteiger partial charge in [0, 0.05) is 19.0 Å². The molecule has 0 aromatic heterocycles. The Balaban J connectivity index is 2.11. The van der Waals surface area contributed by atoms with Crippen molar-refractivity contribution in [1.29, 1.82) is 0 Å². The van der Waals surface area contributed by atoms with Crippen molar-refractivity contribution in [3.63, 3.8) is 0 Å². The van der Waals surface area contributed by atoms with Crippen LogP contribution in [-0.4, -0.2) is 17.4 Å². The number of rotatable bonds is 8. The molecule has 3 nitrogen and oxygen atoms in total. The Morgan fingerprint density at radius 1 is 0.957 bits per heavy atom. The van der Waals surface area contributed by atoms with E-state index in [2.05, 4.69) is 24.3 Å². The first-order valence-corrected chi connectivity index (χ1v) is 8.27. The molecule has 1 amide bonds. The fourth-order valence-corrected chi connectivity index (χ4v) is 2.68. The molecule has 0 aliphatic rings. The standard InChI is InChI=1S/C20H26N2O/c1-17(9-8-14-21)20(23)22(15-18-10-4-2-5-11-18)16-19-12-6-3-7-13-19/h2-7,10-13,17H,8-9,14-16,21H2,1H3. The molecular weight excluding hydrogens is 284 g/mol. The summed E-state index contributed by atoms with van der Waals surface area (Å²) < 4.78 is 0. The van der Waals surface area contributed by atoms with Crippen LogP contribution in [0.5, 0.6) is 0 Å². The summed E-state index contributed by atoms with van der Waals surface area (Å²) in [6, 6.07) is 20.3. The van der Waals surface area contributed by atoms with Crippen molar-refractivity contribution in [2.75, 3.05) is 6.54 Å². The van der Waals surface area contributed by atoms with Crippen LogP contribution >= 0.6 is 0 Å². The van der Waals surface area contributed by atoms with Gasteiger partial charge in [0.05, 0.1) is 0 Å². The first-order valence-electron chi connectivity index (χ1n) is 8.27. The van der Waals surface area contributed by atoms with Gasteiger partial charge in [0.1, 0.15) is 0 Å². The van der Waals surface area contributed by atoms with Gasteiger partial charge in [-0.25, -0.2) is 0 Å². The summed E-state index contributed by atoms with van der Waals surface area (Å²) in [7, 11) is 0. The highest BCUT2D eigenvalue weighted by Gasteiger charge is 2.20. The van der Waals surface area contributed by atoms with Crippen molar-refractivity contribution >= 4 is 5.91 Å². The molecule has 0 radical (unpaired) electrons. The van der Waals surface area contributed by atoms with Crippen LogP contribution in [0, 0.1) is 5.92 Å². The van der Waals surface area contributed by atoms with Gasteiger partial charge < -0.3 is 10.6 Å². The SMILES string of the molecule is CC(CCCN)C(=O)N(Cc1ccccc1)Cc1ccccc1. The molecule has 0 spiro atoms. The average molecular weight is 310 g/mol. The van der Waals surface area contributed by atoms with E-state index < -0.39 is 0 Å². The number of carbonyl (C=O) groups excluding carboxylic acids is 1. The minimum atomic E-state index is 0.00553. The summed E-state index contributed by atoms with van der Waals surface area (Å²) in [6.07, 6.45) is 1.73. The molecule has 0 aliphatic heterocycles. The number of hydrogen-bond acceptors (Lipinski definition) is 2. The lowest BCUT2D eigenvalue weighted by Gasteiger charge is -2.26. The summed E-state index contributed by atoms with van der Waals surface area (Å²) in [5.74, 6) is 0.206. The van der Waals surface area contributed by atoms with Gasteiger partial charge in [0.25, 0.3) is 0 Å². The van der Waals surface area contributed by atoms with E-state index in [4.69, 9.17) is 5.73 Å². The van der Waals surface area contributed by atoms with Crippen molar-refractivity contribution in [2.45, 2.75) is 32.9 Å². The van der Waals surface area contributed by atoms with E-state index in [1.54, 1.807) is 0 Å². The molecule has 2 aromatic carbocycles. The number of nitrogens with zero attached hydrogens (tertiary/aromatic N) is 1. The Hall–Kier alpha value is -2.13. The Labute approximate surface area is 139 Å². The molecular formula is C20H26N2O. The van der Waals surface area contributed by atoms with Gasteiger partial charge in [-0.1, -0.05) is 67.6 Å². The third kappa shape index (κ3) is 5.53. The average Bonchev–Trinajstić information content (AvgIpc) is 2.60. The third-order valence-electron chi connectivity index (χ3n) is 4.01. The highest BCUT2D eigenvalue weighted by Crippen LogP contribution is 2.16. The molecule has 2 aromatic rings. The van der Waals surface area contributed by atoms with E-state index in [0.29, 0.717) is 19.6 Å². The highest BCUT2D eigenvalue weighted by molar-refractivity contribution is 5.78. The highest BCUT2D eigenvalue weighted by atomic mass is 16.2. The van der Waals surface area contributed by atoms with Crippen LogP contribution in [0.1, 0.15) is 30.9 Å². The molecule has 0 aliphatic carbocycles. The number of nitrogens with two attached hydrogens (primary N) is 1. The molecule has 0 saturated carbocycles. The van der Waals surface area contributed by atoms with Crippen molar-refractivity contribution in [3.05, 3.63) is 71.8 Å². The molecule has 0 fully saturated rings. The summed E-state index contributed by atoms with van der Waals surface area (Å²) in [6.45, 7) is 3.92. The first-order chi connectivity index (χ1) is 11.2. The van der Waals surface area contributed by atoms with Gasteiger partial charge in [-0.05, 0) is 30.5 Å². The lowest BCUT2D eigenvalue weighted by atomic mass is 10.0. The maximum atomic E-state index is 12.8. The Bertz CT molecular complexity index is 542. The van der Waals surface area contributed by atoms with Crippen molar-refractivity contribution in [3.8, 4) is 0 Å². The van der Waals surface area contributed by atoms with Crippen LogP contribution in [0.4, 0.5) is 0 Å². The lowest BCUT2D eigenvalue weighted by molar-refractivity contribution is -0.136. The molecule has 3 heteroatoms. The fourth-order valence-electron chi connectivity index (χ4n) is 2.68. The van der Waals surface area contributed by atoms with Gasteiger partial charge >= 0.3 is 0 Å². The Kier molecular flexibility index (Phi) is 6.82. The molecule has 23 heavy (non-hydrogen) atoms. The lowest BCUT2D eigenvalue weighted by Crippen LogP contribution is -2.34. The first kappa shape index (κ1) is 17.2. The monoisotopic (exact) mass is 310 g/mol. The van der Waals surface area contributed by atoms with E-state index in [-0.39, 0.29) is 11.8 Å². The fraction of sp³-hybridized carbons (Fsp3) is 0.350. The Morgan fingerprint density at radius 2 is 1.43 bits per heavy atom. The molecule has 2 N–H and O–H groups in total. The van der Waals surface area contributed by atoms with Crippen molar-refractivity contribution in [2.24, 2.45) is 11.7 Å². The third-order valence-corrected chi connectivity index (χ3v) is 4.01. The zero-order chi connectivity index (χ0) is 16.5. The second kappa shape index (κ2) is 9.11. The molecule has 122 valence electrons.